The monoisotopic (exact) mass is 386 g/mol. The van der Waals surface area contributed by atoms with E-state index in [1.54, 1.807) is 0 Å². The van der Waals surface area contributed by atoms with Gasteiger partial charge in [0.2, 0.25) is 0 Å². The van der Waals surface area contributed by atoms with Crippen molar-refractivity contribution < 1.29 is 9.53 Å². The molecule has 154 valence electrons. The molecule has 6 nitrogen and oxygen atoms in total. The fourth-order valence-electron chi connectivity index (χ4n) is 3.53. The predicted molar refractivity (Wildman–Crippen MR) is 111 cm³/mol. The minimum absolute atomic E-state index is 0.0189. The van der Waals surface area contributed by atoms with Gasteiger partial charge in [-0.25, -0.2) is 4.79 Å². The molecule has 1 aliphatic rings. The van der Waals surface area contributed by atoms with Gasteiger partial charge in [0.15, 0.2) is 0 Å². The number of ether oxygens (including phenoxy) is 1. The zero-order valence-corrected chi connectivity index (χ0v) is 17.9. The SMILES string of the molecule is CC1CN(C)CCN1CC[C@@H](Cc1ccc(C#N)cc1)NC(=O)OC(C)(C)C. The second-order valence-electron chi connectivity index (χ2n) is 8.79. The van der Waals surface area contributed by atoms with E-state index in [2.05, 4.69) is 35.2 Å². The molecule has 0 aromatic heterocycles. The van der Waals surface area contributed by atoms with Crippen LogP contribution < -0.4 is 5.32 Å². The van der Waals surface area contributed by atoms with Crippen LogP contribution in [0, 0.1) is 11.3 Å². The van der Waals surface area contributed by atoms with Crippen molar-refractivity contribution in [3.63, 3.8) is 0 Å². The van der Waals surface area contributed by atoms with Crippen LogP contribution in [0.3, 0.4) is 0 Å². The Bertz CT molecular complexity index is 675. The van der Waals surface area contributed by atoms with Gasteiger partial charge in [0, 0.05) is 38.3 Å². The number of piperazine rings is 1. The predicted octanol–water partition coefficient (Wildman–Crippen LogP) is 3.02. The molecule has 28 heavy (non-hydrogen) atoms. The fourth-order valence-corrected chi connectivity index (χ4v) is 3.53. The van der Waals surface area contributed by atoms with E-state index in [0.717, 1.165) is 38.2 Å². The van der Waals surface area contributed by atoms with Crippen molar-refractivity contribution in [2.45, 2.75) is 58.2 Å². The quantitative estimate of drug-likeness (QED) is 0.814. The van der Waals surface area contributed by atoms with Crippen LogP contribution in [0.1, 0.15) is 45.2 Å². The summed E-state index contributed by atoms with van der Waals surface area (Å²) in [4.78, 5) is 17.2. The zero-order chi connectivity index (χ0) is 20.7. The highest BCUT2D eigenvalue weighted by Gasteiger charge is 2.24. The molecular formula is C22H34N4O2. The molecule has 1 saturated heterocycles. The number of likely N-dealkylation sites (N-methyl/N-ethyl adjacent to an activating group) is 1. The first-order valence-corrected chi connectivity index (χ1v) is 10.1. The molecule has 0 saturated carbocycles. The smallest absolute Gasteiger partial charge is 0.407 e. The number of benzene rings is 1. The topological polar surface area (TPSA) is 68.6 Å². The Balaban J connectivity index is 2.00. The van der Waals surface area contributed by atoms with E-state index in [1.165, 1.54) is 0 Å². The van der Waals surface area contributed by atoms with E-state index in [1.807, 2.05) is 45.0 Å². The highest BCUT2D eigenvalue weighted by atomic mass is 16.6. The Hall–Kier alpha value is -2.10. The van der Waals surface area contributed by atoms with Crippen molar-refractivity contribution in [2.75, 3.05) is 33.2 Å². The maximum atomic E-state index is 12.3. The first kappa shape index (κ1) is 22.2. The lowest BCUT2D eigenvalue weighted by atomic mass is 10.0. The average Bonchev–Trinajstić information content (AvgIpc) is 2.59. The maximum Gasteiger partial charge on any atom is 0.407 e. The van der Waals surface area contributed by atoms with Gasteiger partial charge in [0.1, 0.15) is 5.60 Å². The van der Waals surface area contributed by atoms with Crippen LogP contribution in [-0.4, -0.2) is 66.8 Å². The van der Waals surface area contributed by atoms with E-state index in [-0.39, 0.29) is 12.1 Å². The molecule has 1 aromatic rings. The van der Waals surface area contributed by atoms with Gasteiger partial charge in [0.05, 0.1) is 11.6 Å². The summed E-state index contributed by atoms with van der Waals surface area (Å²) in [5.41, 5.74) is 1.23. The molecule has 0 radical (unpaired) electrons. The zero-order valence-electron chi connectivity index (χ0n) is 17.9. The van der Waals surface area contributed by atoms with E-state index in [4.69, 9.17) is 10.00 Å². The standard InChI is InChI=1S/C22H34N4O2/c1-17-16-25(5)12-13-26(17)11-10-20(24-21(27)28-22(2,3)4)14-18-6-8-19(15-23)9-7-18/h6-9,17,20H,10-14,16H2,1-5H3,(H,24,27)/t17?,20-/m0/s1. The molecule has 0 spiro atoms. The van der Waals surface area contributed by atoms with E-state index < -0.39 is 5.60 Å². The Kier molecular flexibility index (Phi) is 7.85. The molecule has 1 aliphatic heterocycles. The third-order valence-corrected chi connectivity index (χ3v) is 5.02. The largest absolute Gasteiger partial charge is 0.444 e. The van der Waals surface area contributed by atoms with Crippen LogP contribution in [0.4, 0.5) is 4.79 Å². The third kappa shape index (κ3) is 7.49. The molecule has 0 bridgehead atoms. The lowest BCUT2D eigenvalue weighted by molar-refractivity contribution is 0.0490. The first-order valence-electron chi connectivity index (χ1n) is 10.1. The Labute approximate surface area is 169 Å². The Morgan fingerprint density at radius 3 is 2.57 bits per heavy atom. The highest BCUT2D eigenvalue weighted by Crippen LogP contribution is 2.14. The lowest BCUT2D eigenvalue weighted by Crippen LogP contribution is -2.51. The number of hydrogen-bond donors (Lipinski definition) is 1. The molecule has 2 atom stereocenters. The number of rotatable bonds is 6. The average molecular weight is 387 g/mol. The molecule has 1 fully saturated rings. The van der Waals surface area contributed by atoms with Crippen molar-refractivity contribution in [1.29, 1.82) is 5.26 Å². The minimum Gasteiger partial charge on any atom is -0.444 e. The van der Waals surface area contributed by atoms with Gasteiger partial charge in [-0.1, -0.05) is 12.1 Å². The van der Waals surface area contributed by atoms with Gasteiger partial charge in [-0.15, -0.1) is 0 Å². The molecule has 1 unspecified atom stereocenters. The summed E-state index contributed by atoms with van der Waals surface area (Å²) in [6, 6.07) is 10.2. The van der Waals surface area contributed by atoms with Crippen LogP contribution >= 0.6 is 0 Å². The summed E-state index contributed by atoms with van der Waals surface area (Å²) in [6.07, 6.45) is 1.19. The van der Waals surface area contributed by atoms with Crippen LogP contribution in [0.15, 0.2) is 24.3 Å². The van der Waals surface area contributed by atoms with Crippen molar-refractivity contribution >= 4 is 6.09 Å². The van der Waals surface area contributed by atoms with Gasteiger partial charge in [-0.2, -0.15) is 5.26 Å². The highest BCUT2D eigenvalue weighted by molar-refractivity contribution is 5.68. The normalized spacial score (nSPS) is 19.6. The molecular weight excluding hydrogens is 352 g/mol. The molecule has 1 N–H and O–H groups in total. The lowest BCUT2D eigenvalue weighted by Gasteiger charge is -2.38. The summed E-state index contributed by atoms with van der Waals surface area (Å²) in [7, 11) is 2.16. The summed E-state index contributed by atoms with van der Waals surface area (Å²) in [6.45, 7) is 12.0. The number of nitriles is 1. The number of carbonyl (C=O) groups excluding carboxylic acids is 1. The molecule has 0 aliphatic carbocycles. The first-order chi connectivity index (χ1) is 13.2. The summed E-state index contributed by atoms with van der Waals surface area (Å²) >= 11 is 0. The van der Waals surface area contributed by atoms with Gasteiger partial charge in [-0.3, -0.25) is 4.90 Å². The third-order valence-electron chi connectivity index (χ3n) is 5.02. The van der Waals surface area contributed by atoms with E-state index >= 15 is 0 Å². The Morgan fingerprint density at radius 1 is 1.32 bits per heavy atom. The van der Waals surface area contributed by atoms with Gasteiger partial charge >= 0.3 is 6.09 Å². The number of alkyl carbamates (subject to hydrolysis) is 1. The van der Waals surface area contributed by atoms with Crippen molar-refractivity contribution in [1.82, 2.24) is 15.1 Å². The van der Waals surface area contributed by atoms with Crippen LogP contribution in [0.2, 0.25) is 0 Å². The number of nitrogens with one attached hydrogen (secondary N) is 1. The molecule has 6 heteroatoms. The molecule has 1 heterocycles. The number of hydrogen-bond acceptors (Lipinski definition) is 5. The summed E-state index contributed by atoms with van der Waals surface area (Å²) in [5.74, 6) is 0. The summed E-state index contributed by atoms with van der Waals surface area (Å²) < 4.78 is 5.46. The summed E-state index contributed by atoms with van der Waals surface area (Å²) in [5, 5.41) is 12.0. The number of nitrogens with zero attached hydrogens (tertiary/aromatic N) is 3. The van der Waals surface area contributed by atoms with Crippen LogP contribution in [0.25, 0.3) is 0 Å². The maximum absolute atomic E-state index is 12.3. The molecule has 2 rings (SSSR count). The molecule has 1 amide bonds. The van der Waals surface area contributed by atoms with Crippen LogP contribution in [0.5, 0.6) is 0 Å². The van der Waals surface area contributed by atoms with E-state index in [9.17, 15) is 4.79 Å². The van der Waals surface area contributed by atoms with Gasteiger partial charge in [-0.05, 0) is 65.3 Å². The van der Waals surface area contributed by atoms with Crippen molar-refractivity contribution in [3.05, 3.63) is 35.4 Å². The number of carbonyl (C=O) groups is 1. The van der Waals surface area contributed by atoms with Gasteiger partial charge in [0.25, 0.3) is 0 Å². The Morgan fingerprint density at radius 2 is 2.00 bits per heavy atom. The van der Waals surface area contributed by atoms with E-state index in [0.29, 0.717) is 18.0 Å². The molecule has 1 aromatic carbocycles. The fraction of sp³-hybridized carbons (Fsp3) is 0.636. The van der Waals surface area contributed by atoms with Crippen molar-refractivity contribution in [3.8, 4) is 6.07 Å². The van der Waals surface area contributed by atoms with Gasteiger partial charge < -0.3 is 15.0 Å². The minimum atomic E-state index is -0.519. The van der Waals surface area contributed by atoms with Crippen molar-refractivity contribution in [2.24, 2.45) is 0 Å². The second-order valence-corrected chi connectivity index (χ2v) is 8.79. The second kappa shape index (κ2) is 9.90. The van der Waals surface area contributed by atoms with Crippen LogP contribution in [-0.2, 0) is 11.2 Å². The number of amides is 1.